The van der Waals surface area contributed by atoms with Crippen LogP contribution < -0.4 is 0 Å². The van der Waals surface area contributed by atoms with E-state index in [0.29, 0.717) is 19.4 Å². The molecule has 2 fully saturated rings. The van der Waals surface area contributed by atoms with E-state index >= 15 is 0 Å². The zero-order valence-corrected chi connectivity index (χ0v) is 11.6. The first kappa shape index (κ1) is 14.3. The maximum absolute atomic E-state index is 12.3. The quantitative estimate of drug-likeness (QED) is 0.729. The second kappa shape index (κ2) is 6.89. The van der Waals surface area contributed by atoms with Crippen molar-refractivity contribution in [2.24, 2.45) is 0 Å². The van der Waals surface area contributed by atoms with Crippen LogP contribution in [0.3, 0.4) is 0 Å². The van der Waals surface area contributed by atoms with Gasteiger partial charge >= 0.3 is 5.97 Å². The van der Waals surface area contributed by atoms with Gasteiger partial charge in [0.2, 0.25) is 5.91 Å². The van der Waals surface area contributed by atoms with Crippen molar-refractivity contribution < 1.29 is 19.1 Å². The van der Waals surface area contributed by atoms with Gasteiger partial charge < -0.3 is 14.4 Å². The number of nitrogens with zero attached hydrogens (tertiary/aromatic N) is 1. The third-order valence-electron chi connectivity index (χ3n) is 3.97. The Kier molecular flexibility index (Phi) is 5.19. The predicted molar refractivity (Wildman–Crippen MR) is 69.6 cm³/mol. The van der Waals surface area contributed by atoms with Crippen molar-refractivity contribution >= 4 is 11.9 Å². The van der Waals surface area contributed by atoms with Crippen LogP contribution in [0.25, 0.3) is 0 Å². The van der Waals surface area contributed by atoms with Crippen molar-refractivity contribution in [3.63, 3.8) is 0 Å². The van der Waals surface area contributed by atoms with Crippen LogP contribution in [0.1, 0.15) is 44.9 Å². The zero-order chi connectivity index (χ0) is 13.7. The lowest BCUT2D eigenvalue weighted by atomic mass is 10.00. The molecule has 2 aliphatic heterocycles. The summed E-state index contributed by atoms with van der Waals surface area (Å²) in [6, 6.07) is -0.394. The molecule has 2 aliphatic rings. The minimum atomic E-state index is -0.394. The first-order chi connectivity index (χ1) is 9.22. The molecule has 0 aromatic carbocycles. The molecular weight excluding hydrogens is 246 g/mol. The summed E-state index contributed by atoms with van der Waals surface area (Å²) in [5, 5.41) is 0. The number of hydrogen-bond acceptors (Lipinski definition) is 4. The van der Waals surface area contributed by atoms with E-state index in [1.54, 1.807) is 4.90 Å². The topological polar surface area (TPSA) is 55.8 Å². The Morgan fingerprint density at radius 3 is 2.68 bits per heavy atom. The van der Waals surface area contributed by atoms with Gasteiger partial charge in [0.25, 0.3) is 0 Å². The second-order valence-corrected chi connectivity index (χ2v) is 5.31. The van der Waals surface area contributed by atoms with Gasteiger partial charge in [-0.05, 0) is 38.5 Å². The summed E-state index contributed by atoms with van der Waals surface area (Å²) in [4.78, 5) is 25.7. The molecule has 2 rings (SSSR count). The number of methoxy groups -OCH3 is 1. The second-order valence-electron chi connectivity index (χ2n) is 5.31. The van der Waals surface area contributed by atoms with Gasteiger partial charge in [0.05, 0.1) is 19.6 Å². The van der Waals surface area contributed by atoms with E-state index in [1.807, 2.05) is 0 Å². The van der Waals surface area contributed by atoms with Gasteiger partial charge in [-0.25, -0.2) is 4.79 Å². The van der Waals surface area contributed by atoms with Crippen molar-refractivity contribution in [2.45, 2.75) is 57.1 Å². The van der Waals surface area contributed by atoms with Gasteiger partial charge in [-0.1, -0.05) is 0 Å². The highest BCUT2D eigenvalue weighted by Gasteiger charge is 2.33. The van der Waals surface area contributed by atoms with Crippen LogP contribution in [0.2, 0.25) is 0 Å². The highest BCUT2D eigenvalue weighted by atomic mass is 16.5. The Morgan fingerprint density at radius 1 is 1.21 bits per heavy atom. The van der Waals surface area contributed by atoms with Crippen LogP contribution in [-0.4, -0.2) is 49.2 Å². The minimum absolute atomic E-state index is 0.0291. The van der Waals surface area contributed by atoms with E-state index in [9.17, 15) is 9.59 Å². The van der Waals surface area contributed by atoms with Crippen molar-refractivity contribution in [1.29, 1.82) is 0 Å². The Labute approximate surface area is 114 Å². The minimum Gasteiger partial charge on any atom is -0.467 e. The number of ether oxygens (including phenoxy) is 2. The molecule has 2 unspecified atom stereocenters. The third-order valence-corrected chi connectivity index (χ3v) is 3.97. The van der Waals surface area contributed by atoms with Crippen LogP contribution in [0.15, 0.2) is 0 Å². The molecule has 5 nitrogen and oxygen atoms in total. The van der Waals surface area contributed by atoms with Gasteiger partial charge in [0.1, 0.15) is 6.04 Å². The maximum atomic E-state index is 12.3. The molecule has 19 heavy (non-hydrogen) atoms. The van der Waals surface area contributed by atoms with E-state index in [1.165, 1.54) is 7.11 Å². The molecule has 0 radical (unpaired) electrons. The molecule has 2 atom stereocenters. The van der Waals surface area contributed by atoms with Crippen LogP contribution in [0, 0.1) is 0 Å². The molecule has 0 spiro atoms. The number of carbonyl (C=O) groups excluding carboxylic acids is 2. The first-order valence-corrected chi connectivity index (χ1v) is 7.21. The van der Waals surface area contributed by atoms with E-state index < -0.39 is 6.04 Å². The predicted octanol–water partition coefficient (Wildman–Crippen LogP) is 1.50. The molecule has 0 aromatic rings. The third kappa shape index (κ3) is 3.69. The molecule has 0 aliphatic carbocycles. The van der Waals surface area contributed by atoms with Crippen LogP contribution in [0.4, 0.5) is 0 Å². The Balaban J connectivity index is 1.92. The Bertz CT molecular complexity index is 325. The number of esters is 1. The number of carbonyl (C=O) groups is 2. The van der Waals surface area contributed by atoms with E-state index in [4.69, 9.17) is 9.47 Å². The fourth-order valence-electron chi connectivity index (χ4n) is 2.89. The van der Waals surface area contributed by atoms with Crippen molar-refractivity contribution in [2.75, 3.05) is 20.3 Å². The number of likely N-dealkylation sites (tertiary alicyclic amines) is 1. The van der Waals surface area contributed by atoms with Crippen molar-refractivity contribution in [3.8, 4) is 0 Å². The van der Waals surface area contributed by atoms with Crippen LogP contribution >= 0.6 is 0 Å². The van der Waals surface area contributed by atoms with Crippen LogP contribution in [0.5, 0.6) is 0 Å². The standard InChI is InChI=1S/C14H23NO4/c1-18-14(17)12-7-2-4-8-15(12)13(16)10-11-6-3-5-9-19-11/h11-12H,2-10H2,1H3. The summed E-state index contributed by atoms with van der Waals surface area (Å²) in [6.45, 7) is 1.41. The SMILES string of the molecule is COC(=O)C1CCCCN1C(=O)CC1CCCCO1. The lowest BCUT2D eigenvalue weighted by molar-refractivity contribution is -0.156. The fraction of sp³-hybridized carbons (Fsp3) is 0.857. The van der Waals surface area contributed by atoms with E-state index in [0.717, 1.165) is 38.7 Å². The summed E-state index contributed by atoms with van der Waals surface area (Å²) in [7, 11) is 1.38. The highest BCUT2D eigenvalue weighted by molar-refractivity contribution is 5.85. The van der Waals surface area contributed by atoms with Gasteiger partial charge in [-0.3, -0.25) is 4.79 Å². The number of hydrogen-bond donors (Lipinski definition) is 0. The molecule has 0 aromatic heterocycles. The summed E-state index contributed by atoms with van der Waals surface area (Å²) >= 11 is 0. The van der Waals surface area contributed by atoms with Gasteiger partial charge in [0, 0.05) is 13.2 Å². The molecule has 0 saturated carbocycles. The van der Waals surface area contributed by atoms with Gasteiger partial charge in [0.15, 0.2) is 0 Å². The number of piperidine rings is 1. The normalized spacial score (nSPS) is 27.9. The highest BCUT2D eigenvalue weighted by Crippen LogP contribution is 2.22. The smallest absolute Gasteiger partial charge is 0.328 e. The average molecular weight is 269 g/mol. The largest absolute Gasteiger partial charge is 0.467 e. The average Bonchev–Trinajstić information content (AvgIpc) is 2.47. The molecule has 2 heterocycles. The van der Waals surface area contributed by atoms with Gasteiger partial charge in [-0.2, -0.15) is 0 Å². The number of rotatable bonds is 3. The summed E-state index contributed by atoms with van der Waals surface area (Å²) in [6.07, 6.45) is 6.23. The molecule has 0 bridgehead atoms. The molecule has 5 heteroatoms. The Hall–Kier alpha value is -1.10. The Morgan fingerprint density at radius 2 is 2.00 bits per heavy atom. The van der Waals surface area contributed by atoms with Crippen LogP contribution in [-0.2, 0) is 19.1 Å². The number of amides is 1. The lowest BCUT2D eigenvalue weighted by Crippen LogP contribution is -2.49. The first-order valence-electron chi connectivity index (χ1n) is 7.21. The summed E-state index contributed by atoms with van der Waals surface area (Å²) < 4.78 is 10.4. The van der Waals surface area contributed by atoms with Gasteiger partial charge in [-0.15, -0.1) is 0 Å². The lowest BCUT2D eigenvalue weighted by Gasteiger charge is -2.35. The maximum Gasteiger partial charge on any atom is 0.328 e. The summed E-state index contributed by atoms with van der Waals surface area (Å²) in [5.41, 5.74) is 0. The molecule has 1 amide bonds. The fourth-order valence-corrected chi connectivity index (χ4v) is 2.89. The summed E-state index contributed by atoms with van der Waals surface area (Å²) in [5.74, 6) is -0.264. The van der Waals surface area contributed by atoms with Crippen molar-refractivity contribution in [3.05, 3.63) is 0 Å². The zero-order valence-electron chi connectivity index (χ0n) is 11.6. The molecule has 0 N–H and O–H groups in total. The van der Waals surface area contributed by atoms with E-state index in [2.05, 4.69) is 0 Å². The van der Waals surface area contributed by atoms with E-state index in [-0.39, 0.29) is 18.0 Å². The monoisotopic (exact) mass is 269 g/mol. The van der Waals surface area contributed by atoms with Crippen molar-refractivity contribution in [1.82, 2.24) is 4.90 Å². The molecular formula is C14H23NO4. The molecule has 2 saturated heterocycles. The molecule has 108 valence electrons.